The van der Waals surface area contributed by atoms with Crippen molar-refractivity contribution in [2.75, 3.05) is 26.5 Å². The van der Waals surface area contributed by atoms with Crippen LogP contribution >= 0.6 is 0 Å². The zero-order valence-electron chi connectivity index (χ0n) is 17.8. The number of sulfonamides is 1. The number of hydrogen-bond acceptors (Lipinski definition) is 6. The summed E-state index contributed by atoms with van der Waals surface area (Å²) < 4.78 is 31.7. The number of nitrogens with zero attached hydrogens (tertiary/aromatic N) is 1. The second kappa shape index (κ2) is 8.73. The number of nitrogens with one attached hydrogen (secondary N) is 3. The number of aryl methyl sites for hydroxylation is 1. The lowest BCUT2D eigenvalue weighted by Crippen LogP contribution is -2.39. The molecule has 1 aliphatic heterocycles. The number of anilines is 1. The molecule has 2 aromatic carbocycles. The molecule has 3 rings (SSSR count). The van der Waals surface area contributed by atoms with E-state index >= 15 is 0 Å². The Morgan fingerprint density at radius 3 is 2.57 bits per heavy atom. The minimum Gasteiger partial charge on any atom is -0.495 e. The number of ether oxygens (including phenoxy) is 1. The molecule has 30 heavy (non-hydrogen) atoms. The lowest BCUT2D eigenvalue weighted by atomic mass is 10.0. The van der Waals surface area contributed by atoms with Crippen molar-refractivity contribution in [3.05, 3.63) is 53.1 Å². The summed E-state index contributed by atoms with van der Waals surface area (Å²) in [7, 11) is 0.720. The normalized spacial score (nSPS) is 19.1. The van der Waals surface area contributed by atoms with E-state index in [4.69, 9.17) is 4.74 Å². The molecular weight excluding hydrogens is 404 g/mol. The van der Waals surface area contributed by atoms with E-state index in [0.717, 1.165) is 26.7 Å². The highest BCUT2D eigenvalue weighted by molar-refractivity contribution is 7.89. The fourth-order valence-electron chi connectivity index (χ4n) is 3.36. The van der Waals surface area contributed by atoms with Crippen molar-refractivity contribution in [1.29, 1.82) is 0 Å². The van der Waals surface area contributed by atoms with Crippen LogP contribution < -0.4 is 20.9 Å². The molecule has 0 saturated carbocycles. The Bertz CT molecular complexity index is 1050. The van der Waals surface area contributed by atoms with Crippen LogP contribution in [0.4, 0.5) is 5.69 Å². The van der Waals surface area contributed by atoms with E-state index in [0.29, 0.717) is 6.42 Å². The van der Waals surface area contributed by atoms with Crippen molar-refractivity contribution in [3.63, 3.8) is 0 Å². The number of hydrogen-bond donors (Lipinski definition) is 3. The maximum Gasteiger partial charge on any atom is 0.246 e. The van der Waals surface area contributed by atoms with E-state index in [2.05, 4.69) is 16.2 Å². The predicted molar refractivity (Wildman–Crippen MR) is 116 cm³/mol. The Morgan fingerprint density at radius 2 is 1.90 bits per heavy atom. The summed E-state index contributed by atoms with van der Waals surface area (Å²) in [5.41, 5.74) is 9.80. The quantitative estimate of drug-likeness (QED) is 0.647. The molecule has 0 aliphatic carbocycles. The van der Waals surface area contributed by atoms with Crippen molar-refractivity contribution in [2.45, 2.75) is 37.2 Å². The fraction of sp³-hybridized carbons (Fsp3) is 0.381. The Kier molecular flexibility index (Phi) is 6.47. The summed E-state index contributed by atoms with van der Waals surface area (Å²) in [6.45, 7) is 3.97. The highest BCUT2D eigenvalue weighted by Gasteiger charge is 2.32. The minimum absolute atomic E-state index is 0.0950. The van der Waals surface area contributed by atoms with Gasteiger partial charge in [0.2, 0.25) is 15.9 Å². The van der Waals surface area contributed by atoms with Gasteiger partial charge < -0.3 is 10.1 Å². The third-order valence-electron chi connectivity index (χ3n) is 5.43. The Labute approximate surface area is 177 Å². The molecule has 2 aromatic rings. The number of carbonyl (C=O) groups is 1. The summed E-state index contributed by atoms with van der Waals surface area (Å²) in [5, 5.41) is 2.97. The van der Waals surface area contributed by atoms with Crippen LogP contribution in [0.15, 0.2) is 41.3 Å². The summed E-state index contributed by atoms with van der Waals surface area (Å²) in [5.74, 6) is 0.135. The van der Waals surface area contributed by atoms with Gasteiger partial charge in [0.25, 0.3) is 0 Å². The van der Waals surface area contributed by atoms with Crippen LogP contribution in [0, 0.1) is 13.8 Å². The van der Waals surface area contributed by atoms with E-state index in [9.17, 15) is 13.2 Å². The third kappa shape index (κ3) is 4.34. The Morgan fingerprint density at radius 1 is 1.17 bits per heavy atom. The van der Waals surface area contributed by atoms with E-state index in [1.807, 2.05) is 32.0 Å². The fourth-order valence-corrected chi connectivity index (χ4v) is 4.45. The molecule has 8 nitrogen and oxygen atoms in total. The first-order chi connectivity index (χ1) is 14.1. The molecular formula is C21H28N4O4S. The summed E-state index contributed by atoms with van der Waals surface area (Å²) in [6.07, 6.45) is 0.477. The van der Waals surface area contributed by atoms with Crippen molar-refractivity contribution in [3.8, 4) is 5.75 Å². The molecule has 0 radical (unpaired) electrons. The third-order valence-corrected chi connectivity index (χ3v) is 7.27. The van der Waals surface area contributed by atoms with Gasteiger partial charge in [0, 0.05) is 25.8 Å². The highest BCUT2D eigenvalue weighted by Crippen LogP contribution is 2.31. The average Bonchev–Trinajstić information content (AvgIpc) is 3.21. The molecule has 2 atom stereocenters. The standard InChI is InChI=1S/C21H28N4O4S/c1-13-7-6-8-16(14(13)2)22-21(26)18-12-17(23-24-18)15-9-10-19(29-5)20(11-15)30(27,28)25(3)4/h6-11,17-18,23-24H,12H2,1-5H3,(H,22,26). The topological polar surface area (TPSA) is 99.8 Å². The van der Waals surface area contributed by atoms with Crippen molar-refractivity contribution in [2.24, 2.45) is 0 Å². The van der Waals surface area contributed by atoms with Crippen LogP contribution in [0.1, 0.15) is 29.2 Å². The summed E-state index contributed by atoms with van der Waals surface area (Å²) in [4.78, 5) is 12.8. The van der Waals surface area contributed by atoms with Gasteiger partial charge in [-0.25, -0.2) is 23.6 Å². The van der Waals surface area contributed by atoms with Crippen molar-refractivity contribution in [1.82, 2.24) is 15.2 Å². The monoisotopic (exact) mass is 432 g/mol. The first-order valence-electron chi connectivity index (χ1n) is 9.63. The predicted octanol–water partition coefficient (Wildman–Crippen LogP) is 2.11. The molecule has 0 aromatic heterocycles. The molecule has 1 heterocycles. The van der Waals surface area contributed by atoms with Crippen LogP contribution in [-0.4, -0.2) is 45.9 Å². The lowest BCUT2D eigenvalue weighted by molar-refractivity contribution is -0.117. The second-order valence-electron chi connectivity index (χ2n) is 7.56. The van der Waals surface area contributed by atoms with Gasteiger partial charge in [-0.15, -0.1) is 0 Å². The second-order valence-corrected chi connectivity index (χ2v) is 9.68. The van der Waals surface area contributed by atoms with Gasteiger partial charge in [-0.2, -0.15) is 0 Å². The molecule has 1 fully saturated rings. The Balaban J connectivity index is 1.78. The van der Waals surface area contributed by atoms with Crippen LogP contribution in [-0.2, 0) is 14.8 Å². The number of methoxy groups -OCH3 is 1. The molecule has 1 amide bonds. The van der Waals surface area contributed by atoms with Gasteiger partial charge in [-0.3, -0.25) is 4.79 Å². The molecule has 0 bridgehead atoms. The van der Waals surface area contributed by atoms with Gasteiger partial charge in [0.15, 0.2) is 0 Å². The zero-order valence-corrected chi connectivity index (χ0v) is 18.6. The Hall–Kier alpha value is -2.46. The molecule has 2 unspecified atom stereocenters. The van der Waals surface area contributed by atoms with Crippen LogP contribution in [0.5, 0.6) is 5.75 Å². The van der Waals surface area contributed by atoms with E-state index in [-0.39, 0.29) is 22.6 Å². The molecule has 0 spiro atoms. The molecule has 1 aliphatic rings. The van der Waals surface area contributed by atoms with Crippen LogP contribution in [0.25, 0.3) is 0 Å². The maximum atomic E-state index is 12.7. The van der Waals surface area contributed by atoms with E-state index in [1.54, 1.807) is 18.2 Å². The maximum absolute atomic E-state index is 12.7. The summed E-state index contributed by atoms with van der Waals surface area (Å²) in [6, 6.07) is 10.1. The lowest BCUT2D eigenvalue weighted by Gasteiger charge is -2.17. The van der Waals surface area contributed by atoms with E-state index < -0.39 is 16.1 Å². The smallest absolute Gasteiger partial charge is 0.246 e. The van der Waals surface area contributed by atoms with Gasteiger partial charge in [-0.1, -0.05) is 18.2 Å². The van der Waals surface area contributed by atoms with Crippen molar-refractivity contribution < 1.29 is 17.9 Å². The molecule has 9 heteroatoms. The van der Waals surface area contributed by atoms with Gasteiger partial charge in [0.05, 0.1) is 7.11 Å². The SMILES string of the molecule is COc1ccc(C2CC(C(=O)Nc3cccc(C)c3C)NN2)cc1S(=O)(=O)N(C)C. The number of carbonyl (C=O) groups excluding carboxylic acids is 1. The summed E-state index contributed by atoms with van der Waals surface area (Å²) >= 11 is 0. The largest absolute Gasteiger partial charge is 0.495 e. The van der Waals surface area contributed by atoms with Gasteiger partial charge in [0.1, 0.15) is 16.7 Å². The van der Waals surface area contributed by atoms with Crippen molar-refractivity contribution >= 4 is 21.6 Å². The number of benzene rings is 2. The molecule has 3 N–H and O–H groups in total. The van der Waals surface area contributed by atoms with Crippen LogP contribution in [0.2, 0.25) is 0 Å². The van der Waals surface area contributed by atoms with Crippen LogP contribution in [0.3, 0.4) is 0 Å². The minimum atomic E-state index is -3.67. The molecule has 162 valence electrons. The zero-order chi connectivity index (χ0) is 22.1. The highest BCUT2D eigenvalue weighted by atomic mass is 32.2. The first kappa shape index (κ1) is 22.2. The van der Waals surface area contributed by atoms with Gasteiger partial charge in [-0.05, 0) is 55.2 Å². The van der Waals surface area contributed by atoms with Gasteiger partial charge >= 0.3 is 0 Å². The average molecular weight is 433 g/mol. The first-order valence-corrected chi connectivity index (χ1v) is 11.1. The molecule has 1 saturated heterocycles. The van der Waals surface area contributed by atoms with E-state index in [1.165, 1.54) is 21.2 Å². The number of amides is 1. The number of rotatable bonds is 6. The number of hydrazine groups is 1.